The number of sulfonamides is 1. The number of hydrogen-bond acceptors (Lipinski definition) is 4. The van der Waals surface area contributed by atoms with Gasteiger partial charge in [-0.3, -0.25) is 0 Å². The standard InChI is InChI=1S/C20H27F3N2O3S/c1-2-24(15-16-26)12-4-3-5-17-10-13-25(14-11-17)29(27,28)19-8-6-18(7-9-19)20(21,22)23/h6-9,17,26H,2,4,10-16H2,1H3. The quantitative estimate of drug-likeness (QED) is 0.674. The van der Waals surface area contributed by atoms with E-state index in [9.17, 15) is 21.6 Å². The number of piperidine rings is 1. The van der Waals surface area contributed by atoms with E-state index in [2.05, 4.69) is 16.7 Å². The number of hydrogen-bond donors (Lipinski definition) is 1. The highest BCUT2D eigenvalue weighted by Gasteiger charge is 2.32. The second-order valence-electron chi connectivity index (χ2n) is 6.93. The van der Waals surface area contributed by atoms with Crippen LogP contribution in [0.1, 0.15) is 31.7 Å². The molecule has 1 aliphatic heterocycles. The number of nitrogens with zero attached hydrogens (tertiary/aromatic N) is 2. The van der Waals surface area contributed by atoms with Gasteiger partial charge in [-0.2, -0.15) is 17.5 Å². The van der Waals surface area contributed by atoms with E-state index >= 15 is 0 Å². The van der Waals surface area contributed by atoms with Crippen molar-refractivity contribution in [1.29, 1.82) is 0 Å². The molecule has 0 saturated carbocycles. The molecule has 0 aliphatic carbocycles. The van der Waals surface area contributed by atoms with Crippen molar-refractivity contribution in [3.8, 4) is 11.8 Å². The summed E-state index contributed by atoms with van der Waals surface area (Å²) >= 11 is 0. The highest BCUT2D eigenvalue weighted by molar-refractivity contribution is 7.89. The summed E-state index contributed by atoms with van der Waals surface area (Å²) in [6, 6.07) is 3.61. The Balaban J connectivity index is 1.89. The van der Waals surface area contributed by atoms with Crippen molar-refractivity contribution in [2.45, 2.75) is 37.3 Å². The molecule has 1 aliphatic rings. The molecular formula is C20H27F3N2O3S. The maximum absolute atomic E-state index is 12.7. The molecule has 29 heavy (non-hydrogen) atoms. The van der Waals surface area contributed by atoms with Gasteiger partial charge < -0.3 is 10.0 Å². The van der Waals surface area contributed by atoms with Crippen LogP contribution in [0.5, 0.6) is 0 Å². The van der Waals surface area contributed by atoms with E-state index < -0.39 is 21.8 Å². The monoisotopic (exact) mass is 432 g/mol. The second-order valence-corrected chi connectivity index (χ2v) is 8.87. The van der Waals surface area contributed by atoms with E-state index in [1.54, 1.807) is 0 Å². The van der Waals surface area contributed by atoms with Crippen molar-refractivity contribution >= 4 is 10.0 Å². The van der Waals surface area contributed by atoms with Gasteiger partial charge in [-0.15, -0.1) is 5.92 Å². The average molecular weight is 433 g/mol. The molecule has 0 unspecified atom stereocenters. The van der Waals surface area contributed by atoms with E-state index in [1.807, 2.05) is 6.92 Å². The van der Waals surface area contributed by atoms with Gasteiger partial charge in [-0.05, 0) is 43.7 Å². The number of halogens is 3. The smallest absolute Gasteiger partial charge is 0.395 e. The van der Waals surface area contributed by atoms with Gasteiger partial charge in [-0.25, -0.2) is 8.42 Å². The Kier molecular flexibility index (Phi) is 8.52. The Labute approximate surface area is 170 Å². The summed E-state index contributed by atoms with van der Waals surface area (Å²) in [7, 11) is -3.81. The van der Waals surface area contributed by atoms with E-state index in [-0.39, 0.29) is 17.4 Å². The molecule has 1 aromatic carbocycles. The molecule has 0 atom stereocenters. The Hall–Kier alpha value is -1.60. The van der Waals surface area contributed by atoms with Crippen LogP contribution in [0.2, 0.25) is 0 Å². The molecule has 1 saturated heterocycles. The number of likely N-dealkylation sites (N-methyl/N-ethyl adjacent to an activating group) is 1. The van der Waals surface area contributed by atoms with Crippen molar-refractivity contribution in [3.63, 3.8) is 0 Å². The third-order valence-corrected chi connectivity index (χ3v) is 6.91. The molecule has 0 bridgehead atoms. The maximum Gasteiger partial charge on any atom is 0.416 e. The Morgan fingerprint density at radius 1 is 1.17 bits per heavy atom. The van der Waals surface area contributed by atoms with Gasteiger partial charge in [0.2, 0.25) is 10.0 Å². The fraction of sp³-hybridized carbons (Fsp3) is 0.600. The largest absolute Gasteiger partial charge is 0.416 e. The molecular weight excluding hydrogens is 405 g/mol. The number of aliphatic hydroxyl groups is 1. The number of aliphatic hydroxyl groups excluding tert-OH is 1. The van der Waals surface area contributed by atoms with E-state index in [1.165, 1.54) is 4.31 Å². The van der Waals surface area contributed by atoms with Crippen LogP contribution in [0.25, 0.3) is 0 Å². The average Bonchev–Trinajstić information content (AvgIpc) is 2.70. The van der Waals surface area contributed by atoms with E-state index in [0.29, 0.717) is 38.9 Å². The summed E-state index contributed by atoms with van der Waals surface area (Å²) in [5, 5.41) is 8.97. The van der Waals surface area contributed by atoms with Crippen LogP contribution in [0.15, 0.2) is 29.2 Å². The van der Waals surface area contributed by atoms with Crippen molar-refractivity contribution in [3.05, 3.63) is 29.8 Å². The zero-order valence-electron chi connectivity index (χ0n) is 16.5. The zero-order valence-corrected chi connectivity index (χ0v) is 17.3. The first-order valence-electron chi connectivity index (χ1n) is 9.67. The van der Waals surface area contributed by atoms with Crippen LogP contribution in [0.3, 0.4) is 0 Å². The molecule has 1 fully saturated rings. The van der Waals surface area contributed by atoms with Crippen LogP contribution in [0.4, 0.5) is 13.2 Å². The van der Waals surface area contributed by atoms with Crippen LogP contribution in [-0.2, 0) is 16.2 Å². The van der Waals surface area contributed by atoms with Crippen LogP contribution >= 0.6 is 0 Å². The predicted molar refractivity (Wildman–Crippen MR) is 105 cm³/mol. The molecule has 0 spiro atoms. The summed E-state index contributed by atoms with van der Waals surface area (Å²) in [5.74, 6) is 6.44. The summed E-state index contributed by atoms with van der Waals surface area (Å²) in [6.45, 7) is 5.00. The third-order valence-electron chi connectivity index (χ3n) is 5.00. The van der Waals surface area contributed by atoms with Gasteiger partial charge >= 0.3 is 6.18 Å². The highest BCUT2D eigenvalue weighted by Crippen LogP contribution is 2.30. The second kappa shape index (κ2) is 10.4. The summed E-state index contributed by atoms with van der Waals surface area (Å²) in [4.78, 5) is 1.98. The molecule has 1 heterocycles. The van der Waals surface area contributed by atoms with Crippen LogP contribution < -0.4 is 0 Å². The molecule has 162 valence electrons. The molecule has 2 rings (SSSR count). The molecule has 1 aromatic rings. The van der Waals surface area contributed by atoms with Crippen molar-refractivity contribution < 1.29 is 26.7 Å². The lowest BCUT2D eigenvalue weighted by Crippen LogP contribution is -2.38. The van der Waals surface area contributed by atoms with E-state index in [4.69, 9.17) is 5.11 Å². The summed E-state index contributed by atoms with van der Waals surface area (Å²) < 4.78 is 64.6. The van der Waals surface area contributed by atoms with Crippen LogP contribution in [-0.4, -0.2) is 62.1 Å². The van der Waals surface area contributed by atoms with Crippen molar-refractivity contribution in [1.82, 2.24) is 9.21 Å². The van der Waals surface area contributed by atoms with Gasteiger partial charge in [0.05, 0.1) is 17.1 Å². The normalized spacial score (nSPS) is 16.6. The van der Waals surface area contributed by atoms with Crippen molar-refractivity contribution in [2.75, 3.05) is 39.3 Å². The van der Waals surface area contributed by atoms with Gasteiger partial charge in [0.1, 0.15) is 0 Å². The minimum atomic E-state index is -4.49. The predicted octanol–water partition coefficient (Wildman–Crippen LogP) is 2.81. The Morgan fingerprint density at radius 3 is 2.31 bits per heavy atom. The van der Waals surface area contributed by atoms with E-state index in [0.717, 1.165) is 37.4 Å². The number of rotatable bonds is 7. The topological polar surface area (TPSA) is 60.9 Å². The van der Waals surface area contributed by atoms with Gasteiger partial charge in [0, 0.05) is 38.5 Å². The molecule has 5 nitrogen and oxygen atoms in total. The Bertz CT molecular complexity index is 806. The lowest BCUT2D eigenvalue weighted by Gasteiger charge is -2.29. The molecule has 0 aromatic heterocycles. The fourth-order valence-electron chi connectivity index (χ4n) is 3.21. The molecule has 9 heteroatoms. The van der Waals surface area contributed by atoms with Gasteiger partial charge in [0.15, 0.2) is 0 Å². The minimum absolute atomic E-state index is 0.113. The Morgan fingerprint density at radius 2 is 1.79 bits per heavy atom. The first-order valence-corrected chi connectivity index (χ1v) is 11.1. The first kappa shape index (κ1) is 23.7. The summed E-state index contributed by atoms with van der Waals surface area (Å²) in [5.41, 5.74) is -0.869. The van der Waals surface area contributed by atoms with Crippen LogP contribution in [0, 0.1) is 17.8 Å². The minimum Gasteiger partial charge on any atom is -0.395 e. The fourth-order valence-corrected chi connectivity index (χ4v) is 4.68. The maximum atomic E-state index is 12.7. The lowest BCUT2D eigenvalue weighted by molar-refractivity contribution is -0.137. The number of benzene rings is 1. The lowest BCUT2D eigenvalue weighted by atomic mass is 9.99. The highest BCUT2D eigenvalue weighted by atomic mass is 32.2. The van der Waals surface area contributed by atoms with Gasteiger partial charge in [-0.1, -0.05) is 12.8 Å². The zero-order chi connectivity index (χ0) is 21.5. The molecule has 0 radical (unpaired) electrons. The first-order chi connectivity index (χ1) is 13.7. The van der Waals surface area contributed by atoms with Crippen molar-refractivity contribution in [2.24, 2.45) is 5.92 Å². The summed E-state index contributed by atoms with van der Waals surface area (Å²) in [6.07, 6.45) is -2.61. The molecule has 0 amide bonds. The molecule has 1 N–H and O–H groups in total. The third kappa shape index (κ3) is 6.71. The number of alkyl halides is 3. The van der Waals surface area contributed by atoms with Gasteiger partial charge in [0.25, 0.3) is 0 Å². The SMILES string of the molecule is CCN(CCO)CCC#CC1CCN(S(=O)(=O)c2ccc(C(F)(F)F)cc2)CC1.